The molecule has 3 aromatic heterocycles. The van der Waals surface area contributed by atoms with Gasteiger partial charge >= 0.3 is 11.8 Å². The number of ether oxygens (including phenoxy) is 1. The fraction of sp³-hybridized carbons (Fsp3) is 0.606. The van der Waals surface area contributed by atoms with Crippen molar-refractivity contribution in [1.82, 2.24) is 24.4 Å². The molecule has 0 radical (unpaired) electrons. The van der Waals surface area contributed by atoms with E-state index >= 15 is 4.39 Å². The highest BCUT2D eigenvalue weighted by Crippen LogP contribution is 2.37. The van der Waals surface area contributed by atoms with Crippen LogP contribution < -0.4 is 10.6 Å². The zero-order chi connectivity index (χ0) is 34.4. The maximum atomic E-state index is 15.1. The quantitative estimate of drug-likeness (QED) is 0.193. The molecule has 1 amide bonds. The molecule has 4 heterocycles. The highest BCUT2D eigenvalue weighted by Gasteiger charge is 2.37. The summed E-state index contributed by atoms with van der Waals surface area (Å²) in [7, 11) is -2.02. The summed E-state index contributed by atoms with van der Waals surface area (Å²) in [5, 5.41) is 0.0316. The molecule has 0 saturated carbocycles. The summed E-state index contributed by atoms with van der Waals surface area (Å²) in [6.45, 7) is 23.9. The van der Waals surface area contributed by atoms with Crippen LogP contribution in [0.1, 0.15) is 79.5 Å². The molecule has 3 aromatic rings. The van der Waals surface area contributed by atoms with Crippen LogP contribution in [-0.2, 0) is 15.6 Å². The van der Waals surface area contributed by atoms with Crippen molar-refractivity contribution in [3.63, 3.8) is 0 Å². The van der Waals surface area contributed by atoms with E-state index < -0.39 is 31.5 Å². The van der Waals surface area contributed by atoms with Crippen LogP contribution in [0.25, 0.3) is 16.7 Å². The van der Waals surface area contributed by atoms with Crippen molar-refractivity contribution in [3.8, 4) is 5.69 Å². The lowest BCUT2D eigenvalue weighted by molar-refractivity contribution is 0.0218. The van der Waals surface area contributed by atoms with Crippen molar-refractivity contribution in [2.45, 2.75) is 104 Å². The van der Waals surface area contributed by atoms with E-state index in [1.54, 1.807) is 11.1 Å². The molecule has 1 unspecified atom stereocenters. The summed E-state index contributed by atoms with van der Waals surface area (Å²) in [5.74, 6) is -0.482. The average Bonchev–Trinajstić information content (AvgIpc) is 2.92. The van der Waals surface area contributed by atoms with E-state index in [0.717, 1.165) is 5.56 Å². The van der Waals surface area contributed by atoms with Gasteiger partial charge in [-0.25, -0.2) is 23.5 Å². The zero-order valence-electron chi connectivity index (χ0n) is 29.0. The van der Waals surface area contributed by atoms with Crippen LogP contribution in [0.3, 0.4) is 0 Å². The van der Waals surface area contributed by atoms with Crippen molar-refractivity contribution >= 4 is 42.9 Å². The first-order valence-corrected chi connectivity index (χ1v) is 19.2. The average molecular weight is 675 g/mol. The topological polar surface area (TPSA) is 103 Å². The van der Waals surface area contributed by atoms with Gasteiger partial charge in [0, 0.05) is 38.5 Å². The lowest BCUT2D eigenvalue weighted by Gasteiger charge is -2.41. The summed E-state index contributed by atoms with van der Waals surface area (Å²) < 4.78 is 28.6. The Hall–Kier alpha value is -3.09. The van der Waals surface area contributed by atoms with Gasteiger partial charge in [-0.05, 0) is 75.9 Å². The number of aromatic nitrogens is 4. The minimum atomic E-state index is -2.02. The Labute approximate surface area is 277 Å². The first-order valence-electron chi connectivity index (χ1n) is 15.9. The smallest absolute Gasteiger partial charge is 0.410 e. The maximum Gasteiger partial charge on any atom is 0.410 e. The Kier molecular flexibility index (Phi) is 10.3. The summed E-state index contributed by atoms with van der Waals surface area (Å²) >= 11 is 6.27. The largest absolute Gasteiger partial charge is 0.444 e. The number of nitrogens with zero attached hydrogens (tertiary/aromatic N) is 6. The molecule has 1 aliphatic heterocycles. The Morgan fingerprint density at radius 2 is 1.83 bits per heavy atom. The number of halogens is 2. The predicted octanol–water partition coefficient (Wildman–Crippen LogP) is 7.10. The van der Waals surface area contributed by atoms with E-state index in [4.69, 9.17) is 20.8 Å². The van der Waals surface area contributed by atoms with Gasteiger partial charge in [0.25, 0.3) is 0 Å². The van der Waals surface area contributed by atoms with E-state index in [1.165, 1.54) is 10.6 Å². The molecule has 1 fully saturated rings. The molecule has 0 N–H and O–H groups in total. The van der Waals surface area contributed by atoms with Gasteiger partial charge in [-0.3, -0.25) is 4.98 Å². The van der Waals surface area contributed by atoms with Gasteiger partial charge in [0.1, 0.15) is 11.4 Å². The lowest BCUT2D eigenvalue weighted by atomic mass is 10.0. The van der Waals surface area contributed by atoms with Gasteiger partial charge in [-0.1, -0.05) is 46.2 Å². The number of anilines is 1. The van der Waals surface area contributed by atoms with Gasteiger partial charge in [0.2, 0.25) is 0 Å². The molecule has 0 aromatic carbocycles. The third kappa shape index (κ3) is 7.55. The zero-order valence-corrected chi connectivity index (χ0v) is 30.8. The lowest BCUT2D eigenvalue weighted by Crippen LogP contribution is -2.55. The normalized spacial score (nSPS) is 16.4. The van der Waals surface area contributed by atoms with Crippen LogP contribution in [0.5, 0.6) is 0 Å². The number of carbonyl (C=O) groups is 1. The van der Waals surface area contributed by atoms with Crippen molar-refractivity contribution in [2.24, 2.45) is 0 Å². The standard InChI is InChI=1S/C33H48ClFN6O4Si/c1-20(2)25-26(22(12-14-36-25)13-17-44-46(10,11)33(7,8)9)41-29-23(18-24(35)27(34)37-29)28(38-30(41)42)40-16-15-39(19-21(40)3)31(43)45-32(4,5)6/h12,14,18,20-21H,13,15-17,19H2,1-11H3. The number of hydrogen-bond acceptors (Lipinski definition) is 8. The second kappa shape index (κ2) is 13.2. The Balaban J connectivity index is 1.82. The van der Waals surface area contributed by atoms with E-state index in [0.29, 0.717) is 49.4 Å². The molecule has 10 nitrogen and oxygen atoms in total. The van der Waals surface area contributed by atoms with E-state index in [9.17, 15) is 9.59 Å². The van der Waals surface area contributed by atoms with Crippen LogP contribution in [0.4, 0.5) is 15.0 Å². The predicted molar refractivity (Wildman–Crippen MR) is 183 cm³/mol. The number of carbonyl (C=O) groups excluding carboxylic acids is 1. The third-order valence-corrected chi connectivity index (χ3v) is 13.6. The van der Waals surface area contributed by atoms with Crippen molar-refractivity contribution in [3.05, 3.63) is 51.0 Å². The minimum absolute atomic E-state index is 0.0460. The van der Waals surface area contributed by atoms with Gasteiger partial charge in [0.05, 0.1) is 16.8 Å². The number of amides is 1. The molecule has 13 heteroatoms. The van der Waals surface area contributed by atoms with Crippen molar-refractivity contribution < 1.29 is 18.3 Å². The number of fused-ring (bicyclic) bond motifs is 1. The number of hydrogen-bond donors (Lipinski definition) is 0. The number of rotatable bonds is 7. The first-order chi connectivity index (χ1) is 21.2. The summed E-state index contributed by atoms with van der Waals surface area (Å²) in [4.78, 5) is 44.1. The molecule has 0 bridgehead atoms. The van der Waals surface area contributed by atoms with Crippen molar-refractivity contribution in [1.29, 1.82) is 0 Å². The van der Waals surface area contributed by atoms with Gasteiger partial charge < -0.3 is 19.0 Å². The monoisotopic (exact) mass is 674 g/mol. The third-order valence-electron chi connectivity index (χ3n) is 8.76. The van der Waals surface area contributed by atoms with Crippen molar-refractivity contribution in [2.75, 3.05) is 31.1 Å². The molecular weight excluding hydrogens is 627 g/mol. The highest BCUT2D eigenvalue weighted by molar-refractivity contribution is 6.74. The molecule has 0 aliphatic carbocycles. The summed E-state index contributed by atoms with van der Waals surface area (Å²) in [6.07, 6.45) is 1.86. The number of piperazine rings is 1. The second-order valence-electron chi connectivity index (χ2n) is 14.9. The van der Waals surface area contributed by atoms with E-state index in [-0.39, 0.29) is 33.6 Å². The fourth-order valence-corrected chi connectivity index (χ4v) is 6.48. The van der Waals surface area contributed by atoms with Crippen LogP contribution in [0.15, 0.2) is 23.1 Å². The Morgan fingerprint density at radius 3 is 2.41 bits per heavy atom. The SMILES string of the molecule is CC(C)c1nccc(CCO[Si](C)(C)C(C)(C)C)c1-n1c(=O)nc(N2CCN(C(=O)OC(C)(C)C)CC2C)c2cc(F)c(Cl)nc21. The Morgan fingerprint density at radius 1 is 1.15 bits per heavy atom. The highest BCUT2D eigenvalue weighted by atomic mass is 35.5. The Bertz CT molecular complexity index is 1670. The fourth-order valence-electron chi connectivity index (χ4n) is 5.30. The molecule has 1 atom stereocenters. The van der Waals surface area contributed by atoms with Gasteiger partial charge in [-0.2, -0.15) is 4.98 Å². The molecule has 1 saturated heterocycles. The van der Waals surface area contributed by atoms with Crippen LogP contribution in [0.2, 0.25) is 23.3 Å². The molecule has 0 spiro atoms. The minimum Gasteiger partial charge on any atom is -0.444 e. The van der Waals surface area contributed by atoms with Crippen LogP contribution in [0, 0.1) is 5.82 Å². The first kappa shape index (κ1) is 35.8. The van der Waals surface area contributed by atoms with Gasteiger partial charge in [0.15, 0.2) is 24.9 Å². The summed E-state index contributed by atoms with van der Waals surface area (Å²) in [6, 6.07) is 2.91. The molecule has 252 valence electrons. The van der Waals surface area contributed by atoms with Crippen LogP contribution in [-0.4, -0.2) is 76.7 Å². The van der Waals surface area contributed by atoms with Crippen LogP contribution >= 0.6 is 11.6 Å². The molecular formula is C33H48ClFN6O4Si. The maximum absolute atomic E-state index is 15.1. The number of pyridine rings is 2. The molecule has 46 heavy (non-hydrogen) atoms. The van der Waals surface area contributed by atoms with Gasteiger partial charge in [-0.15, -0.1) is 0 Å². The molecule has 4 rings (SSSR count). The molecule has 1 aliphatic rings. The summed E-state index contributed by atoms with van der Waals surface area (Å²) in [5.41, 5.74) is 1.06. The van der Waals surface area contributed by atoms with E-state index in [1.807, 2.05) is 52.5 Å². The second-order valence-corrected chi connectivity index (χ2v) is 20.0. The van der Waals surface area contributed by atoms with E-state index in [2.05, 4.69) is 48.8 Å².